The number of hydrogen-bond acceptors (Lipinski definition) is 1. The van der Waals surface area contributed by atoms with E-state index in [9.17, 15) is 4.79 Å². The molecule has 0 spiro atoms. The van der Waals surface area contributed by atoms with Crippen molar-refractivity contribution in [2.45, 2.75) is 39.2 Å². The third-order valence-corrected chi connectivity index (χ3v) is 2.92. The van der Waals surface area contributed by atoms with Gasteiger partial charge in [-0.1, -0.05) is 13.5 Å². The van der Waals surface area contributed by atoms with Gasteiger partial charge in [-0.2, -0.15) is 0 Å². The zero-order valence-corrected chi connectivity index (χ0v) is 11.7. The number of nitrogens with zero attached hydrogens (tertiary/aromatic N) is 1. The zero-order chi connectivity index (χ0) is 13.0. The lowest BCUT2D eigenvalue weighted by Crippen LogP contribution is -2.49. The molecule has 0 radical (unpaired) electrons. The van der Waals surface area contributed by atoms with E-state index in [1.54, 1.807) is 6.92 Å². The molecule has 0 aromatic rings. The zero-order valence-electron chi connectivity index (χ0n) is 11.7. The summed E-state index contributed by atoms with van der Waals surface area (Å²) < 4.78 is 0.915. The first kappa shape index (κ1) is 15.2. The Kier molecular flexibility index (Phi) is 5.20. The topological polar surface area (TPSA) is 29.1 Å². The molecule has 0 saturated carbocycles. The van der Waals surface area contributed by atoms with Crippen LogP contribution in [0, 0.1) is 0 Å². The number of carbonyl (C=O) groups excluding carboxylic acids is 1. The standard InChI is InChI=1S/C13H26N2O/c1-8-13(4,9-10-15(5,6)7)14-12(16)11(2)3/h2,8-10H2,1,3-7H3/p+1. The van der Waals surface area contributed by atoms with Crippen molar-refractivity contribution < 1.29 is 9.28 Å². The second-order valence-electron chi connectivity index (χ2n) is 5.91. The summed E-state index contributed by atoms with van der Waals surface area (Å²) in [4.78, 5) is 11.6. The summed E-state index contributed by atoms with van der Waals surface area (Å²) in [6.07, 6.45) is 1.91. The average molecular weight is 227 g/mol. The van der Waals surface area contributed by atoms with Crippen molar-refractivity contribution in [1.29, 1.82) is 0 Å². The third kappa shape index (κ3) is 5.91. The fourth-order valence-electron chi connectivity index (χ4n) is 1.29. The molecule has 0 aliphatic rings. The minimum Gasteiger partial charge on any atom is -0.347 e. The highest BCUT2D eigenvalue weighted by Crippen LogP contribution is 2.16. The number of nitrogens with one attached hydrogen (secondary N) is 1. The molecule has 0 aromatic heterocycles. The lowest BCUT2D eigenvalue weighted by molar-refractivity contribution is -0.871. The Hall–Kier alpha value is -0.830. The Morgan fingerprint density at radius 3 is 2.19 bits per heavy atom. The van der Waals surface area contributed by atoms with E-state index >= 15 is 0 Å². The highest BCUT2D eigenvalue weighted by Gasteiger charge is 2.26. The molecular formula is C13H27N2O+. The van der Waals surface area contributed by atoms with Gasteiger partial charge in [-0.05, 0) is 20.3 Å². The van der Waals surface area contributed by atoms with Gasteiger partial charge in [0, 0.05) is 17.5 Å². The van der Waals surface area contributed by atoms with Crippen molar-refractivity contribution in [2.75, 3.05) is 27.7 Å². The van der Waals surface area contributed by atoms with Gasteiger partial charge in [-0.3, -0.25) is 4.79 Å². The second-order valence-corrected chi connectivity index (χ2v) is 5.91. The van der Waals surface area contributed by atoms with Gasteiger partial charge in [-0.15, -0.1) is 0 Å². The van der Waals surface area contributed by atoms with E-state index in [1.807, 2.05) is 0 Å². The van der Waals surface area contributed by atoms with Crippen molar-refractivity contribution in [1.82, 2.24) is 5.32 Å². The van der Waals surface area contributed by atoms with Crippen LogP contribution in [0.25, 0.3) is 0 Å². The van der Waals surface area contributed by atoms with E-state index in [1.165, 1.54) is 0 Å². The molecule has 0 rings (SSSR count). The smallest absolute Gasteiger partial charge is 0.246 e. The maximum Gasteiger partial charge on any atom is 0.246 e. The van der Waals surface area contributed by atoms with Gasteiger partial charge in [0.1, 0.15) is 0 Å². The van der Waals surface area contributed by atoms with Crippen LogP contribution >= 0.6 is 0 Å². The van der Waals surface area contributed by atoms with E-state index in [2.05, 4.69) is 46.9 Å². The quantitative estimate of drug-likeness (QED) is 0.545. The molecular weight excluding hydrogens is 200 g/mol. The van der Waals surface area contributed by atoms with Gasteiger partial charge in [0.25, 0.3) is 0 Å². The van der Waals surface area contributed by atoms with Crippen molar-refractivity contribution in [3.63, 3.8) is 0 Å². The van der Waals surface area contributed by atoms with Crippen molar-refractivity contribution in [2.24, 2.45) is 0 Å². The third-order valence-electron chi connectivity index (χ3n) is 2.92. The number of hydrogen-bond donors (Lipinski definition) is 1. The molecule has 0 saturated heterocycles. The molecule has 0 aliphatic carbocycles. The first-order valence-corrected chi connectivity index (χ1v) is 5.88. The van der Waals surface area contributed by atoms with E-state index in [4.69, 9.17) is 0 Å². The average Bonchev–Trinajstić information content (AvgIpc) is 2.13. The van der Waals surface area contributed by atoms with Crippen LogP contribution in [0.4, 0.5) is 0 Å². The summed E-state index contributed by atoms with van der Waals surface area (Å²) in [6, 6.07) is 0. The fraction of sp³-hybridized carbons (Fsp3) is 0.769. The van der Waals surface area contributed by atoms with E-state index in [0.29, 0.717) is 5.57 Å². The molecule has 0 aromatic carbocycles. The Morgan fingerprint density at radius 2 is 1.88 bits per heavy atom. The van der Waals surface area contributed by atoms with Crippen LogP contribution < -0.4 is 5.32 Å². The summed E-state index contributed by atoms with van der Waals surface area (Å²) in [5.74, 6) is -0.0363. The van der Waals surface area contributed by atoms with Gasteiger partial charge in [0.2, 0.25) is 5.91 Å². The Labute approximate surface area is 100 Å². The fourth-order valence-corrected chi connectivity index (χ4v) is 1.29. The monoisotopic (exact) mass is 227 g/mol. The van der Waals surface area contributed by atoms with Crippen LogP contribution in [-0.4, -0.2) is 43.6 Å². The largest absolute Gasteiger partial charge is 0.347 e. The molecule has 3 nitrogen and oxygen atoms in total. The predicted molar refractivity (Wildman–Crippen MR) is 69.2 cm³/mol. The minimum absolute atomic E-state index is 0.0363. The molecule has 1 amide bonds. The Bertz CT molecular complexity index is 266. The molecule has 94 valence electrons. The molecule has 0 fully saturated rings. The first-order valence-electron chi connectivity index (χ1n) is 5.88. The van der Waals surface area contributed by atoms with Crippen molar-refractivity contribution in [3.8, 4) is 0 Å². The molecule has 0 heterocycles. The number of carbonyl (C=O) groups is 1. The summed E-state index contributed by atoms with van der Waals surface area (Å²) >= 11 is 0. The van der Waals surface area contributed by atoms with Crippen LogP contribution in [0.3, 0.4) is 0 Å². The lowest BCUT2D eigenvalue weighted by Gasteiger charge is -2.33. The SMILES string of the molecule is C=C(C)C(=O)NC(C)(CC)CC[N+](C)(C)C. The molecule has 3 heteroatoms. The number of quaternary nitrogens is 1. The molecule has 0 bridgehead atoms. The lowest BCUT2D eigenvalue weighted by atomic mass is 9.93. The van der Waals surface area contributed by atoms with Crippen LogP contribution in [-0.2, 0) is 4.79 Å². The van der Waals surface area contributed by atoms with Gasteiger partial charge < -0.3 is 9.80 Å². The van der Waals surface area contributed by atoms with Crippen LogP contribution in [0.1, 0.15) is 33.6 Å². The molecule has 0 aliphatic heterocycles. The highest BCUT2D eigenvalue weighted by molar-refractivity contribution is 5.92. The second kappa shape index (κ2) is 5.48. The number of amides is 1. The maximum atomic E-state index is 11.6. The normalized spacial score (nSPS) is 15.4. The summed E-state index contributed by atoms with van der Waals surface area (Å²) in [6.45, 7) is 10.7. The van der Waals surface area contributed by atoms with Crippen LogP contribution in [0.15, 0.2) is 12.2 Å². The van der Waals surface area contributed by atoms with E-state index < -0.39 is 0 Å². The predicted octanol–water partition coefficient (Wildman–Crippen LogP) is 1.94. The van der Waals surface area contributed by atoms with Gasteiger partial charge >= 0.3 is 0 Å². The maximum absolute atomic E-state index is 11.6. The summed E-state index contributed by atoms with van der Waals surface area (Å²) in [5.41, 5.74) is 0.451. The molecule has 16 heavy (non-hydrogen) atoms. The first-order chi connectivity index (χ1) is 7.09. The highest BCUT2D eigenvalue weighted by atomic mass is 16.1. The van der Waals surface area contributed by atoms with Crippen LogP contribution in [0.2, 0.25) is 0 Å². The van der Waals surface area contributed by atoms with Gasteiger partial charge in [-0.25, -0.2) is 0 Å². The number of rotatable bonds is 6. The van der Waals surface area contributed by atoms with Gasteiger partial charge in [0.05, 0.1) is 27.7 Å². The summed E-state index contributed by atoms with van der Waals surface area (Å²) in [5, 5.41) is 3.07. The van der Waals surface area contributed by atoms with E-state index in [-0.39, 0.29) is 11.4 Å². The van der Waals surface area contributed by atoms with Crippen molar-refractivity contribution >= 4 is 5.91 Å². The minimum atomic E-state index is -0.123. The molecule has 1 atom stereocenters. The van der Waals surface area contributed by atoms with Crippen LogP contribution in [0.5, 0.6) is 0 Å². The Morgan fingerprint density at radius 1 is 1.38 bits per heavy atom. The Balaban J connectivity index is 4.43. The van der Waals surface area contributed by atoms with Crippen molar-refractivity contribution in [3.05, 3.63) is 12.2 Å². The molecule has 1 unspecified atom stereocenters. The molecule has 1 N–H and O–H groups in total. The summed E-state index contributed by atoms with van der Waals surface area (Å²) in [7, 11) is 6.49. The van der Waals surface area contributed by atoms with E-state index in [0.717, 1.165) is 23.9 Å². The van der Waals surface area contributed by atoms with Gasteiger partial charge in [0.15, 0.2) is 0 Å².